The van der Waals surface area contributed by atoms with Crippen molar-refractivity contribution < 1.29 is 4.79 Å². The van der Waals surface area contributed by atoms with Crippen molar-refractivity contribution in [3.8, 4) is 0 Å². The largest absolute Gasteiger partial charge is 0.326 e. The Bertz CT molecular complexity index is 927. The Hall–Kier alpha value is -2.47. The Balaban J connectivity index is 1.69. The Morgan fingerprint density at radius 2 is 2.13 bits per heavy atom. The summed E-state index contributed by atoms with van der Waals surface area (Å²) in [6.07, 6.45) is 1.73. The van der Waals surface area contributed by atoms with Crippen LogP contribution < -0.4 is 10.9 Å². The molecular weight excluding hydrogens is 310 g/mol. The summed E-state index contributed by atoms with van der Waals surface area (Å²) in [7, 11) is 0. The molecule has 1 aromatic carbocycles. The standard InChI is InChI=1S/C17H17N3O2S/c1-11-3-4-12(2)14(9-11)19-15(21)5-7-20-10-18-16-13(17(20)22)6-8-23-16/h3-4,6,8-10H,5,7H2,1-2H3,(H,19,21). The Kier molecular flexibility index (Phi) is 4.25. The maximum Gasteiger partial charge on any atom is 0.262 e. The molecule has 0 bridgehead atoms. The van der Waals surface area contributed by atoms with Crippen LogP contribution in [-0.4, -0.2) is 15.5 Å². The highest BCUT2D eigenvalue weighted by Crippen LogP contribution is 2.17. The van der Waals surface area contributed by atoms with Crippen LogP contribution in [0.4, 0.5) is 5.69 Å². The van der Waals surface area contributed by atoms with E-state index in [2.05, 4.69) is 10.3 Å². The van der Waals surface area contributed by atoms with Crippen LogP contribution in [0, 0.1) is 13.8 Å². The second-order valence-electron chi connectivity index (χ2n) is 5.50. The fraction of sp³-hybridized carbons (Fsp3) is 0.235. The van der Waals surface area contributed by atoms with Crippen LogP contribution >= 0.6 is 11.3 Å². The lowest BCUT2D eigenvalue weighted by Crippen LogP contribution is -2.23. The average Bonchev–Trinajstić information content (AvgIpc) is 3.00. The summed E-state index contributed by atoms with van der Waals surface area (Å²) in [6, 6.07) is 7.69. The molecule has 0 aliphatic rings. The van der Waals surface area contributed by atoms with Crippen LogP contribution in [0.2, 0.25) is 0 Å². The lowest BCUT2D eigenvalue weighted by Gasteiger charge is -2.10. The van der Waals surface area contributed by atoms with Gasteiger partial charge in [-0.2, -0.15) is 0 Å². The van der Waals surface area contributed by atoms with Crippen LogP contribution in [0.25, 0.3) is 10.2 Å². The van der Waals surface area contributed by atoms with E-state index in [0.29, 0.717) is 11.9 Å². The molecule has 3 aromatic rings. The molecule has 6 heteroatoms. The first-order valence-corrected chi connectivity index (χ1v) is 8.22. The first-order valence-electron chi connectivity index (χ1n) is 7.34. The molecule has 0 unspecified atom stereocenters. The average molecular weight is 327 g/mol. The summed E-state index contributed by atoms with van der Waals surface area (Å²) in [6.45, 7) is 4.25. The third-order valence-electron chi connectivity index (χ3n) is 3.70. The van der Waals surface area contributed by atoms with E-state index in [1.54, 1.807) is 6.07 Å². The Morgan fingerprint density at radius 3 is 2.96 bits per heavy atom. The number of carbonyl (C=O) groups is 1. The number of anilines is 1. The van der Waals surface area contributed by atoms with E-state index in [1.165, 1.54) is 22.2 Å². The molecule has 2 heterocycles. The fourth-order valence-corrected chi connectivity index (χ4v) is 3.08. The number of aryl methyl sites for hydroxylation is 3. The number of hydrogen-bond donors (Lipinski definition) is 1. The molecule has 3 rings (SSSR count). The molecule has 0 saturated carbocycles. The molecule has 0 radical (unpaired) electrons. The summed E-state index contributed by atoms with van der Waals surface area (Å²) in [5, 5.41) is 5.35. The molecule has 1 N–H and O–H groups in total. The van der Waals surface area contributed by atoms with Gasteiger partial charge in [-0.15, -0.1) is 11.3 Å². The van der Waals surface area contributed by atoms with Gasteiger partial charge in [0, 0.05) is 18.7 Å². The van der Waals surface area contributed by atoms with Crippen molar-refractivity contribution in [1.82, 2.24) is 9.55 Å². The molecule has 0 atom stereocenters. The third-order valence-corrected chi connectivity index (χ3v) is 4.52. The third kappa shape index (κ3) is 3.32. The minimum absolute atomic E-state index is 0.101. The molecule has 0 aliphatic carbocycles. The molecule has 2 aromatic heterocycles. The van der Waals surface area contributed by atoms with Crippen molar-refractivity contribution in [1.29, 1.82) is 0 Å². The zero-order chi connectivity index (χ0) is 16.4. The van der Waals surface area contributed by atoms with Crippen molar-refractivity contribution in [3.05, 3.63) is 57.5 Å². The number of amides is 1. The quantitative estimate of drug-likeness (QED) is 0.801. The monoisotopic (exact) mass is 327 g/mol. The van der Waals surface area contributed by atoms with Gasteiger partial charge in [-0.25, -0.2) is 4.98 Å². The number of fused-ring (bicyclic) bond motifs is 1. The van der Waals surface area contributed by atoms with Gasteiger partial charge >= 0.3 is 0 Å². The molecule has 0 fully saturated rings. The number of hydrogen-bond acceptors (Lipinski definition) is 4. The maximum atomic E-state index is 12.3. The van der Waals surface area contributed by atoms with Crippen molar-refractivity contribution in [2.75, 3.05) is 5.32 Å². The van der Waals surface area contributed by atoms with Crippen LogP contribution in [0.1, 0.15) is 17.5 Å². The molecule has 23 heavy (non-hydrogen) atoms. The minimum Gasteiger partial charge on any atom is -0.326 e. The van der Waals surface area contributed by atoms with E-state index < -0.39 is 0 Å². The SMILES string of the molecule is Cc1ccc(C)c(NC(=O)CCn2cnc3sccc3c2=O)c1. The van der Waals surface area contributed by atoms with Crippen LogP contribution in [0.5, 0.6) is 0 Å². The summed E-state index contributed by atoms with van der Waals surface area (Å²) in [5.41, 5.74) is 2.82. The Morgan fingerprint density at radius 1 is 1.30 bits per heavy atom. The van der Waals surface area contributed by atoms with Crippen molar-refractivity contribution >= 4 is 33.1 Å². The zero-order valence-electron chi connectivity index (χ0n) is 13.0. The number of thiophene rings is 1. The van der Waals surface area contributed by atoms with E-state index in [1.807, 2.05) is 37.4 Å². The topological polar surface area (TPSA) is 64.0 Å². The smallest absolute Gasteiger partial charge is 0.262 e. The van der Waals surface area contributed by atoms with E-state index in [0.717, 1.165) is 21.6 Å². The number of benzene rings is 1. The summed E-state index contributed by atoms with van der Waals surface area (Å²) < 4.78 is 1.48. The number of rotatable bonds is 4. The highest BCUT2D eigenvalue weighted by atomic mass is 32.1. The van der Waals surface area contributed by atoms with Gasteiger partial charge in [-0.1, -0.05) is 12.1 Å². The number of carbonyl (C=O) groups excluding carboxylic acids is 1. The normalized spacial score (nSPS) is 10.9. The number of nitrogens with zero attached hydrogens (tertiary/aromatic N) is 2. The van der Waals surface area contributed by atoms with Gasteiger partial charge < -0.3 is 5.32 Å². The van der Waals surface area contributed by atoms with Crippen LogP contribution in [0.3, 0.4) is 0 Å². The summed E-state index contributed by atoms with van der Waals surface area (Å²) in [4.78, 5) is 29.4. The second kappa shape index (κ2) is 6.34. The maximum absolute atomic E-state index is 12.3. The van der Waals surface area contributed by atoms with E-state index in [4.69, 9.17) is 0 Å². The van der Waals surface area contributed by atoms with Crippen LogP contribution in [-0.2, 0) is 11.3 Å². The Labute approximate surface area is 137 Å². The molecule has 1 amide bonds. The highest BCUT2D eigenvalue weighted by molar-refractivity contribution is 7.16. The van der Waals surface area contributed by atoms with Gasteiger partial charge in [0.15, 0.2) is 0 Å². The molecule has 0 spiro atoms. The molecule has 0 saturated heterocycles. The van der Waals surface area contributed by atoms with Gasteiger partial charge in [0.2, 0.25) is 5.91 Å². The second-order valence-corrected chi connectivity index (χ2v) is 6.39. The summed E-state index contributed by atoms with van der Waals surface area (Å²) >= 11 is 1.44. The molecule has 118 valence electrons. The minimum atomic E-state index is -0.115. The lowest BCUT2D eigenvalue weighted by molar-refractivity contribution is -0.116. The van der Waals surface area contributed by atoms with Gasteiger partial charge in [0.25, 0.3) is 5.56 Å². The van der Waals surface area contributed by atoms with E-state index in [-0.39, 0.29) is 17.9 Å². The zero-order valence-corrected chi connectivity index (χ0v) is 13.8. The van der Waals surface area contributed by atoms with Crippen molar-refractivity contribution in [2.24, 2.45) is 0 Å². The van der Waals surface area contributed by atoms with Gasteiger partial charge in [-0.3, -0.25) is 14.2 Å². The van der Waals surface area contributed by atoms with Crippen LogP contribution in [0.15, 0.2) is 40.8 Å². The predicted octanol–water partition coefficient (Wildman–Crippen LogP) is 3.10. The summed E-state index contributed by atoms with van der Waals surface area (Å²) in [5.74, 6) is -0.115. The number of nitrogens with one attached hydrogen (secondary N) is 1. The van der Waals surface area contributed by atoms with Gasteiger partial charge in [0.05, 0.1) is 11.7 Å². The predicted molar refractivity (Wildman–Crippen MR) is 93.0 cm³/mol. The van der Waals surface area contributed by atoms with Crippen molar-refractivity contribution in [2.45, 2.75) is 26.8 Å². The first kappa shape index (κ1) is 15.4. The molecular formula is C17H17N3O2S. The highest BCUT2D eigenvalue weighted by Gasteiger charge is 2.08. The van der Waals surface area contributed by atoms with Crippen molar-refractivity contribution in [3.63, 3.8) is 0 Å². The van der Waals surface area contributed by atoms with Gasteiger partial charge in [0.1, 0.15) is 4.83 Å². The fourth-order valence-electron chi connectivity index (χ4n) is 2.36. The lowest BCUT2D eigenvalue weighted by atomic mass is 10.1. The first-order chi connectivity index (χ1) is 11.0. The van der Waals surface area contributed by atoms with E-state index >= 15 is 0 Å². The molecule has 5 nitrogen and oxygen atoms in total. The van der Waals surface area contributed by atoms with Gasteiger partial charge in [-0.05, 0) is 42.5 Å². The molecule has 0 aliphatic heterocycles. The van der Waals surface area contributed by atoms with E-state index in [9.17, 15) is 9.59 Å². The number of aromatic nitrogens is 2.